The zero-order valence-electron chi connectivity index (χ0n) is 26.5. The third kappa shape index (κ3) is 4.85. The largest absolute Gasteiger partial charge is 0.309 e. The molecular weight excluding hydrogens is 583 g/mol. The molecule has 0 amide bonds. The fourth-order valence-corrected chi connectivity index (χ4v) is 6.92. The number of fused-ring (bicyclic) bond motifs is 5. The zero-order chi connectivity index (χ0) is 32.0. The van der Waals surface area contributed by atoms with E-state index >= 15 is 0 Å². The van der Waals surface area contributed by atoms with Gasteiger partial charge in [0.25, 0.3) is 0 Å². The molecule has 0 spiro atoms. The van der Waals surface area contributed by atoms with Gasteiger partial charge >= 0.3 is 0 Å². The first kappa shape index (κ1) is 27.9. The lowest BCUT2D eigenvalue weighted by Gasteiger charge is -2.12. The molecule has 9 rings (SSSR count). The van der Waals surface area contributed by atoms with Gasteiger partial charge in [0.15, 0.2) is 0 Å². The Balaban J connectivity index is 1.21. The van der Waals surface area contributed by atoms with E-state index in [-0.39, 0.29) is 0 Å². The fraction of sp³-hybridized carbons (Fsp3) is 0.0222. The molecule has 0 bridgehead atoms. The van der Waals surface area contributed by atoms with Crippen molar-refractivity contribution in [2.45, 2.75) is 6.92 Å². The molecule has 3 heterocycles. The Morgan fingerprint density at radius 3 is 1.90 bits per heavy atom. The summed E-state index contributed by atoms with van der Waals surface area (Å²) in [6.45, 7) is 2.05. The van der Waals surface area contributed by atoms with Gasteiger partial charge in [-0.05, 0) is 99.8 Å². The third-order valence-corrected chi connectivity index (χ3v) is 9.33. The van der Waals surface area contributed by atoms with E-state index < -0.39 is 0 Å². The number of hydrogen-bond donors (Lipinski definition) is 0. The Morgan fingerprint density at radius 1 is 0.438 bits per heavy atom. The van der Waals surface area contributed by atoms with Crippen LogP contribution in [0.4, 0.5) is 0 Å². The second kappa shape index (κ2) is 11.5. The van der Waals surface area contributed by atoms with Crippen molar-refractivity contribution in [2.75, 3.05) is 0 Å². The number of aromatic nitrogens is 3. The molecule has 0 unspecified atom stereocenters. The van der Waals surface area contributed by atoms with E-state index in [4.69, 9.17) is 0 Å². The normalized spacial score (nSPS) is 11.4. The van der Waals surface area contributed by atoms with Crippen LogP contribution in [0.3, 0.4) is 0 Å². The highest BCUT2D eigenvalue weighted by atomic mass is 15.0. The van der Waals surface area contributed by atoms with Crippen molar-refractivity contribution in [1.82, 2.24) is 14.5 Å². The van der Waals surface area contributed by atoms with E-state index in [1.54, 1.807) is 0 Å². The number of pyridine rings is 2. The molecule has 3 nitrogen and oxygen atoms in total. The van der Waals surface area contributed by atoms with E-state index in [2.05, 4.69) is 166 Å². The Bertz CT molecular complexity index is 2600. The smallest absolute Gasteiger partial charge is 0.0892 e. The van der Waals surface area contributed by atoms with Crippen LogP contribution in [-0.4, -0.2) is 14.5 Å². The summed E-state index contributed by atoms with van der Waals surface area (Å²) in [6, 6.07) is 56.7. The summed E-state index contributed by atoms with van der Waals surface area (Å²) in [5, 5.41) is 4.91. The van der Waals surface area contributed by atoms with Crippen molar-refractivity contribution in [3.63, 3.8) is 0 Å². The molecule has 0 aliphatic rings. The van der Waals surface area contributed by atoms with Crippen LogP contribution in [0.2, 0.25) is 0 Å². The fourth-order valence-electron chi connectivity index (χ4n) is 6.92. The van der Waals surface area contributed by atoms with Gasteiger partial charge in [0.2, 0.25) is 0 Å². The van der Waals surface area contributed by atoms with Crippen molar-refractivity contribution >= 4 is 32.6 Å². The zero-order valence-corrected chi connectivity index (χ0v) is 26.5. The van der Waals surface area contributed by atoms with Gasteiger partial charge in [0, 0.05) is 34.2 Å². The molecule has 9 aromatic rings. The van der Waals surface area contributed by atoms with E-state index in [9.17, 15) is 0 Å². The summed E-state index contributed by atoms with van der Waals surface area (Å²) in [6.07, 6.45) is 3.77. The minimum absolute atomic E-state index is 0.873. The average Bonchev–Trinajstić information content (AvgIpc) is 3.50. The summed E-state index contributed by atoms with van der Waals surface area (Å²) in [5.74, 6) is 0. The minimum atomic E-state index is 0.873. The van der Waals surface area contributed by atoms with Crippen LogP contribution in [0, 0.1) is 6.92 Å². The summed E-state index contributed by atoms with van der Waals surface area (Å²) in [5.41, 5.74) is 13.6. The molecule has 0 atom stereocenters. The lowest BCUT2D eigenvalue weighted by Crippen LogP contribution is -1.94. The van der Waals surface area contributed by atoms with Gasteiger partial charge in [-0.25, -0.2) is 0 Å². The van der Waals surface area contributed by atoms with E-state index in [1.165, 1.54) is 54.8 Å². The Kier molecular flexibility index (Phi) is 6.69. The maximum Gasteiger partial charge on any atom is 0.0892 e. The van der Waals surface area contributed by atoms with Crippen molar-refractivity contribution in [1.29, 1.82) is 0 Å². The quantitative estimate of drug-likeness (QED) is 0.193. The van der Waals surface area contributed by atoms with Gasteiger partial charge < -0.3 is 4.57 Å². The van der Waals surface area contributed by atoms with Crippen LogP contribution >= 0.6 is 0 Å². The number of aryl methyl sites for hydroxylation is 1. The van der Waals surface area contributed by atoms with E-state index in [1.807, 2.05) is 25.4 Å². The van der Waals surface area contributed by atoms with Gasteiger partial charge in [-0.1, -0.05) is 109 Å². The van der Waals surface area contributed by atoms with Gasteiger partial charge in [0.05, 0.1) is 22.4 Å². The molecule has 48 heavy (non-hydrogen) atoms. The monoisotopic (exact) mass is 613 g/mol. The summed E-state index contributed by atoms with van der Waals surface area (Å²) in [4.78, 5) is 9.23. The van der Waals surface area contributed by atoms with E-state index in [0.717, 1.165) is 33.8 Å². The molecule has 3 aromatic heterocycles. The van der Waals surface area contributed by atoms with Crippen LogP contribution in [0.25, 0.3) is 83.0 Å². The number of benzene rings is 6. The lowest BCUT2D eigenvalue weighted by atomic mass is 9.97. The van der Waals surface area contributed by atoms with Crippen LogP contribution in [0.15, 0.2) is 170 Å². The minimum Gasteiger partial charge on any atom is -0.309 e. The van der Waals surface area contributed by atoms with Crippen molar-refractivity contribution in [2.24, 2.45) is 0 Å². The first-order valence-electron chi connectivity index (χ1n) is 16.3. The molecule has 3 heteroatoms. The first-order chi connectivity index (χ1) is 23.7. The molecular formula is C45H31N3. The Labute approximate surface area is 279 Å². The highest BCUT2D eigenvalue weighted by molar-refractivity contribution is 6.19. The summed E-state index contributed by atoms with van der Waals surface area (Å²) < 4.78 is 2.44. The topological polar surface area (TPSA) is 30.7 Å². The molecule has 0 N–H and O–H groups in total. The van der Waals surface area contributed by atoms with Gasteiger partial charge in [-0.15, -0.1) is 0 Å². The summed E-state index contributed by atoms with van der Waals surface area (Å²) >= 11 is 0. The molecule has 0 aliphatic heterocycles. The number of nitrogens with zero attached hydrogens (tertiary/aromatic N) is 3. The number of rotatable bonds is 5. The van der Waals surface area contributed by atoms with Crippen LogP contribution in [-0.2, 0) is 0 Å². The number of para-hydroxylation sites is 1. The highest BCUT2D eigenvalue weighted by Gasteiger charge is 2.17. The predicted octanol–water partition coefficient (Wildman–Crippen LogP) is 11.7. The van der Waals surface area contributed by atoms with E-state index in [0.29, 0.717) is 0 Å². The molecule has 226 valence electrons. The molecule has 0 saturated heterocycles. The van der Waals surface area contributed by atoms with Gasteiger partial charge in [-0.2, -0.15) is 0 Å². The third-order valence-electron chi connectivity index (χ3n) is 9.33. The second-order valence-corrected chi connectivity index (χ2v) is 12.4. The van der Waals surface area contributed by atoms with Crippen molar-refractivity contribution in [3.05, 3.63) is 176 Å². The second-order valence-electron chi connectivity index (χ2n) is 12.4. The van der Waals surface area contributed by atoms with Gasteiger partial charge in [0.1, 0.15) is 0 Å². The van der Waals surface area contributed by atoms with Crippen LogP contribution < -0.4 is 0 Å². The predicted molar refractivity (Wildman–Crippen MR) is 200 cm³/mol. The summed E-state index contributed by atoms with van der Waals surface area (Å²) in [7, 11) is 0. The number of hydrogen-bond acceptors (Lipinski definition) is 2. The van der Waals surface area contributed by atoms with Crippen molar-refractivity contribution < 1.29 is 0 Å². The lowest BCUT2D eigenvalue weighted by molar-refractivity contribution is 1.19. The molecule has 6 aromatic carbocycles. The maximum absolute atomic E-state index is 4.62. The van der Waals surface area contributed by atoms with Crippen molar-refractivity contribution in [3.8, 4) is 50.5 Å². The average molecular weight is 614 g/mol. The maximum atomic E-state index is 4.62. The SMILES string of the molecule is Cc1ccc(-c2cc(-c3ccc4c(ccc5c6ccc(-c7cccc(-c8ccccc8)c7)cc6n(-c6ccccc6)c45)c3)ccn2)nc1. The molecule has 0 radical (unpaired) electrons. The first-order valence-corrected chi connectivity index (χ1v) is 16.3. The van der Waals surface area contributed by atoms with Gasteiger partial charge in [-0.3, -0.25) is 9.97 Å². The van der Waals surface area contributed by atoms with Crippen LogP contribution in [0.5, 0.6) is 0 Å². The Morgan fingerprint density at radius 2 is 1.10 bits per heavy atom. The standard InChI is InChI=1S/C45H31N3/c1-30-15-22-42(47-29-30)43-27-36(23-24-46-43)34-16-19-39-37(26-34)18-21-41-40-20-17-35(28-44(40)48(45(39)41)38-13-6-3-7-14-38)33-12-8-11-32(25-33)31-9-4-2-5-10-31/h2-29H,1H3. The molecule has 0 saturated carbocycles. The molecule has 0 aliphatic carbocycles. The van der Waals surface area contributed by atoms with Crippen LogP contribution in [0.1, 0.15) is 5.56 Å². The Hall–Kier alpha value is -6.32. The highest BCUT2D eigenvalue weighted by Crippen LogP contribution is 2.40. The molecule has 0 fully saturated rings.